The molecule has 2 amide bonds. The van der Waals surface area contributed by atoms with Crippen LogP contribution in [0.25, 0.3) is 11.1 Å². The van der Waals surface area contributed by atoms with Crippen molar-refractivity contribution >= 4 is 29.3 Å². The highest BCUT2D eigenvalue weighted by atomic mass is 32.2. The van der Waals surface area contributed by atoms with Gasteiger partial charge in [-0.2, -0.15) is 8.78 Å². The van der Waals surface area contributed by atoms with Gasteiger partial charge >= 0.3 is 6.61 Å². The van der Waals surface area contributed by atoms with Crippen molar-refractivity contribution in [1.82, 2.24) is 4.90 Å². The Kier molecular flexibility index (Phi) is 6.35. The lowest BCUT2D eigenvalue weighted by atomic mass is 10.0. The zero-order chi connectivity index (χ0) is 20.1. The monoisotopic (exact) mass is 408 g/mol. The van der Waals surface area contributed by atoms with Crippen LogP contribution in [-0.4, -0.2) is 48.6 Å². The molecule has 0 saturated carbocycles. The molecule has 148 valence electrons. The van der Waals surface area contributed by atoms with E-state index in [1.165, 1.54) is 35.9 Å². The summed E-state index contributed by atoms with van der Waals surface area (Å²) in [6.07, 6.45) is 0. The lowest BCUT2D eigenvalue weighted by molar-refractivity contribution is -0.130. The van der Waals surface area contributed by atoms with Crippen molar-refractivity contribution in [1.29, 1.82) is 0 Å². The SMILES string of the molecule is COc1ccc(-c2cc(NC(=O)CN3CSCC3=O)ccc2OC(F)F)cc1. The Labute approximate surface area is 164 Å². The number of halogens is 2. The number of methoxy groups -OCH3 is 1. The molecule has 0 aromatic heterocycles. The molecule has 1 fully saturated rings. The second-order valence-electron chi connectivity index (χ2n) is 5.94. The van der Waals surface area contributed by atoms with E-state index in [1.807, 2.05) is 0 Å². The molecule has 0 unspecified atom stereocenters. The van der Waals surface area contributed by atoms with Gasteiger partial charge in [0.2, 0.25) is 11.8 Å². The van der Waals surface area contributed by atoms with E-state index >= 15 is 0 Å². The average Bonchev–Trinajstić information content (AvgIpc) is 3.07. The van der Waals surface area contributed by atoms with Crippen LogP contribution in [-0.2, 0) is 9.59 Å². The van der Waals surface area contributed by atoms with Crippen molar-refractivity contribution in [3.05, 3.63) is 42.5 Å². The number of hydrogen-bond acceptors (Lipinski definition) is 5. The van der Waals surface area contributed by atoms with Gasteiger partial charge in [-0.1, -0.05) is 12.1 Å². The summed E-state index contributed by atoms with van der Waals surface area (Å²) in [5.41, 5.74) is 1.43. The summed E-state index contributed by atoms with van der Waals surface area (Å²) in [5, 5.41) is 2.69. The molecule has 1 saturated heterocycles. The minimum absolute atomic E-state index is 0.00992. The Morgan fingerprint density at radius 3 is 2.61 bits per heavy atom. The van der Waals surface area contributed by atoms with Crippen LogP contribution in [0.3, 0.4) is 0 Å². The number of nitrogens with one attached hydrogen (secondary N) is 1. The van der Waals surface area contributed by atoms with Gasteiger partial charge in [0.15, 0.2) is 0 Å². The minimum Gasteiger partial charge on any atom is -0.497 e. The Hall–Kier alpha value is -2.81. The predicted molar refractivity (Wildman–Crippen MR) is 103 cm³/mol. The molecule has 0 bridgehead atoms. The molecule has 1 N–H and O–H groups in total. The Morgan fingerprint density at radius 1 is 1.25 bits per heavy atom. The first-order valence-corrected chi connectivity index (χ1v) is 9.50. The number of thioether (sulfide) groups is 1. The molecule has 0 atom stereocenters. The fraction of sp³-hybridized carbons (Fsp3) is 0.263. The van der Waals surface area contributed by atoms with E-state index in [1.54, 1.807) is 30.3 Å². The third-order valence-electron chi connectivity index (χ3n) is 4.04. The number of amides is 2. The molecule has 0 radical (unpaired) electrons. The molecule has 1 aliphatic heterocycles. The van der Waals surface area contributed by atoms with Crippen LogP contribution in [0.2, 0.25) is 0 Å². The lowest BCUT2D eigenvalue weighted by Gasteiger charge is -2.16. The van der Waals surface area contributed by atoms with Crippen LogP contribution >= 0.6 is 11.8 Å². The third-order valence-corrected chi connectivity index (χ3v) is 4.99. The standard InChI is InChI=1S/C19H18F2N2O4S/c1-26-14-5-2-12(3-6-14)15-8-13(4-7-16(15)27-19(20)21)22-17(24)9-23-11-28-10-18(23)25/h2-8,19H,9-11H2,1H3,(H,22,24). The molecule has 9 heteroatoms. The van der Waals surface area contributed by atoms with Gasteiger partial charge in [0.1, 0.15) is 18.0 Å². The number of nitrogens with zero attached hydrogens (tertiary/aromatic N) is 1. The van der Waals surface area contributed by atoms with Crippen LogP contribution in [0.4, 0.5) is 14.5 Å². The van der Waals surface area contributed by atoms with E-state index < -0.39 is 6.61 Å². The Morgan fingerprint density at radius 2 is 2.00 bits per heavy atom. The predicted octanol–water partition coefficient (Wildman–Crippen LogP) is 3.44. The summed E-state index contributed by atoms with van der Waals surface area (Å²) in [5.74, 6) is 1.01. The molecule has 0 aliphatic carbocycles. The van der Waals surface area contributed by atoms with E-state index in [9.17, 15) is 18.4 Å². The maximum atomic E-state index is 12.8. The van der Waals surface area contributed by atoms with Crippen LogP contribution < -0.4 is 14.8 Å². The Balaban J connectivity index is 1.82. The second kappa shape index (κ2) is 8.92. The normalized spacial score (nSPS) is 13.7. The van der Waals surface area contributed by atoms with E-state index in [0.717, 1.165) is 0 Å². The number of carbonyl (C=O) groups excluding carboxylic acids is 2. The molecule has 3 rings (SSSR count). The highest BCUT2D eigenvalue weighted by Gasteiger charge is 2.23. The van der Waals surface area contributed by atoms with Gasteiger partial charge in [0.05, 0.1) is 18.7 Å². The number of carbonyl (C=O) groups is 2. The summed E-state index contributed by atoms with van der Waals surface area (Å²) < 4.78 is 35.2. The van der Waals surface area contributed by atoms with E-state index in [4.69, 9.17) is 4.74 Å². The summed E-state index contributed by atoms with van der Waals surface area (Å²) in [7, 11) is 1.53. The third kappa shape index (κ3) is 4.92. The first-order valence-electron chi connectivity index (χ1n) is 8.35. The molecule has 2 aromatic rings. The minimum atomic E-state index is -2.98. The van der Waals surface area contributed by atoms with Crippen molar-refractivity contribution in [2.24, 2.45) is 0 Å². The number of alkyl halides is 2. The quantitative estimate of drug-likeness (QED) is 0.760. The first kappa shape index (κ1) is 19.9. The summed E-state index contributed by atoms with van der Waals surface area (Å²) >= 11 is 1.45. The molecule has 1 aliphatic rings. The summed E-state index contributed by atoms with van der Waals surface area (Å²) in [6, 6.07) is 11.2. The zero-order valence-electron chi connectivity index (χ0n) is 15.0. The molecule has 28 heavy (non-hydrogen) atoms. The van der Waals surface area contributed by atoms with Gasteiger partial charge in [0.25, 0.3) is 0 Å². The van der Waals surface area contributed by atoms with Gasteiger partial charge in [-0.15, -0.1) is 11.8 Å². The van der Waals surface area contributed by atoms with Gasteiger partial charge in [-0.05, 0) is 35.9 Å². The van der Waals surface area contributed by atoms with Crippen LogP contribution in [0.15, 0.2) is 42.5 Å². The topological polar surface area (TPSA) is 67.9 Å². The van der Waals surface area contributed by atoms with Gasteiger partial charge in [-0.3, -0.25) is 9.59 Å². The molecule has 2 aromatic carbocycles. The largest absolute Gasteiger partial charge is 0.497 e. The van der Waals surface area contributed by atoms with E-state index in [2.05, 4.69) is 10.1 Å². The molecular formula is C19H18F2N2O4S. The van der Waals surface area contributed by atoms with Crippen molar-refractivity contribution in [3.8, 4) is 22.6 Å². The van der Waals surface area contributed by atoms with Crippen LogP contribution in [0, 0.1) is 0 Å². The average molecular weight is 408 g/mol. The highest BCUT2D eigenvalue weighted by Crippen LogP contribution is 2.34. The van der Waals surface area contributed by atoms with Crippen molar-refractivity contribution in [3.63, 3.8) is 0 Å². The second-order valence-corrected chi connectivity index (χ2v) is 6.89. The number of hydrogen-bond donors (Lipinski definition) is 1. The molecule has 6 nitrogen and oxygen atoms in total. The van der Waals surface area contributed by atoms with Gasteiger partial charge in [-0.25, -0.2) is 0 Å². The first-order chi connectivity index (χ1) is 13.5. The molecule has 0 spiro atoms. The smallest absolute Gasteiger partial charge is 0.387 e. The van der Waals surface area contributed by atoms with Crippen molar-refractivity contribution in [2.75, 3.05) is 30.6 Å². The summed E-state index contributed by atoms with van der Waals surface area (Å²) in [6.45, 7) is -3.03. The van der Waals surface area contributed by atoms with Gasteiger partial charge in [0, 0.05) is 11.3 Å². The van der Waals surface area contributed by atoms with Gasteiger partial charge < -0.3 is 19.7 Å². The maximum absolute atomic E-state index is 12.8. The highest BCUT2D eigenvalue weighted by molar-refractivity contribution is 8.00. The van der Waals surface area contributed by atoms with Crippen LogP contribution in [0.5, 0.6) is 11.5 Å². The Bertz CT molecular complexity index is 862. The molecular weight excluding hydrogens is 390 g/mol. The fourth-order valence-corrected chi connectivity index (χ4v) is 3.62. The zero-order valence-corrected chi connectivity index (χ0v) is 15.8. The van der Waals surface area contributed by atoms with E-state index in [-0.39, 0.29) is 24.1 Å². The number of ether oxygens (including phenoxy) is 2. The number of benzene rings is 2. The number of rotatable bonds is 7. The summed E-state index contributed by atoms with van der Waals surface area (Å²) in [4.78, 5) is 25.3. The van der Waals surface area contributed by atoms with E-state index in [0.29, 0.717) is 34.2 Å². The molecule has 1 heterocycles. The lowest BCUT2D eigenvalue weighted by Crippen LogP contribution is -2.34. The fourth-order valence-electron chi connectivity index (χ4n) is 2.72. The van der Waals surface area contributed by atoms with Crippen molar-refractivity contribution in [2.45, 2.75) is 6.61 Å². The van der Waals surface area contributed by atoms with Crippen molar-refractivity contribution < 1.29 is 27.8 Å². The van der Waals surface area contributed by atoms with Crippen LogP contribution in [0.1, 0.15) is 0 Å². The maximum Gasteiger partial charge on any atom is 0.387 e. The number of anilines is 1.